The molecule has 0 atom stereocenters. The summed E-state index contributed by atoms with van der Waals surface area (Å²) in [4.78, 5) is 17.7. The lowest BCUT2D eigenvalue weighted by Gasteiger charge is -2.05. The molecule has 3 rings (SSSR count). The largest absolute Gasteiger partial charge is 0.294 e. The lowest BCUT2D eigenvalue weighted by molar-refractivity contribution is 0.626. The minimum atomic E-state index is -0.346. The number of rotatable bonds is 5. The highest BCUT2D eigenvalue weighted by atomic mass is 35.5. The van der Waals surface area contributed by atoms with E-state index in [0.717, 1.165) is 23.4 Å². The minimum absolute atomic E-state index is 0.203. The number of nitrogens with zero attached hydrogens (tertiary/aromatic N) is 2. The Kier molecular flexibility index (Phi) is 5.61. The summed E-state index contributed by atoms with van der Waals surface area (Å²) in [5.41, 5.74) is 3.95. The van der Waals surface area contributed by atoms with Gasteiger partial charge in [0.15, 0.2) is 0 Å². The second-order valence-electron chi connectivity index (χ2n) is 6.41. The van der Waals surface area contributed by atoms with Crippen LogP contribution >= 0.6 is 11.6 Å². The van der Waals surface area contributed by atoms with Crippen molar-refractivity contribution in [2.45, 2.75) is 33.6 Å². The van der Waals surface area contributed by atoms with Crippen LogP contribution in [0.1, 0.15) is 37.1 Å². The van der Waals surface area contributed by atoms with Crippen LogP contribution in [0.4, 0.5) is 10.1 Å². The molecule has 0 aliphatic carbocycles. The number of aromatic amines is 1. The summed E-state index contributed by atoms with van der Waals surface area (Å²) >= 11 is 6.18. The van der Waals surface area contributed by atoms with Crippen LogP contribution in [0.3, 0.4) is 0 Å². The van der Waals surface area contributed by atoms with E-state index in [1.807, 2.05) is 39.0 Å². The average molecular weight is 386 g/mol. The number of aliphatic imine (C=N–C) groups is 1. The van der Waals surface area contributed by atoms with Crippen molar-refractivity contribution >= 4 is 23.0 Å². The molecular weight excluding hydrogens is 365 g/mol. The van der Waals surface area contributed by atoms with E-state index in [4.69, 9.17) is 11.6 Å². The van der Waals surface area contributed by atoms with Crippen molar-refractivity contribution in [3.8, 4) is 5.69 Å². The summed E-state index contributed by atoms with van der Waals surface area (Å²) in [5.74, 6) is -0.346. The molecule has 6 heteroatoms. The van der Waals surface area contributed by atoms with Crippen LogP contribution in [0, 0.1) is 12.7 Å². The molecule has 0 bridgehead atoms. The molecule has 0 saturated heterocycles. The van der Waals surface area contributed by atoms with Gasteiger partial charge in [-0.2, -0.15) is 0 Å². The lowest BCUT2D eigenvalue weighted by Crippen LogP contribution is -2.19. The second kappa shape index (κ2) is 7.92. The van der Waals surface area contributed by atoms with Gasteiger partial charge in [-0.3, -0.25) is 14.9 Å². The van der Waals surface area contributed by atoms with Crippen LogP contribution in [0.15, 0.2) is 52.3 Å². The molecule has 0 spiro atoms. The molecule has 4 nitrogen and oxygen atoms in total. The first-order valence-corrected chi connectivity index (χ1v) is 9.20. The minimum Gasteiger partial charge on any atom is -0.294 e. The summed E-state index contributed by atoms with van der Waals surface area (Å²) in [6.45, 7) is 5.76. The molecular formula is C21H21ClFN3O. The summed E-state index contributed by atoms with van der Waals surface area (Å²) in [7, 11) is 0. The van der Waals surface area contributed by atoms with Gasteiger partial charge in [-0.15, -0.1) is 0 Å². The molecule has 0 amide bonds. The monoisotopic (exact) mass is 385 g/mol. The van der Waals surface area contributed by atoms with E-state index < -0.39 is 0 Å². The Hall–Kier alpha value is -2.66. The molecule has 27 heavy (non-hydrogen) atoms. The zero-order valence-electron chi connectivity index (χ0n) is 15.5. The third kappa shape index (κ3) is 3.88. The molecule has 140 valence electrons. The Morgan fingerprint density at radius 2 is 1.93 bits per heavy atom. The van der Waals surface area contributed by atoms with Crippen LogP contribution in [-0.4, -0.2) is 15.5 Å². The summed E-state index contributed by atoms with van der Waals surface area (Å²) in [5, 5.41) is 3.79. The van der Waals surface area contributed by atoms with E-state index >= 15 is 0 Å². The van der Waals surface area contributed by atoms with E-state index in [9.17, 15) is 9.18 Å². The third-order valence-electron chi connectivity index (χ3n) is 4.44. The van der Waals surface area contributed by atoms with Gasteiger partial charge >= 0.3 is 0 Å². The van der Waals surface area contributed by atoms with Crippen LogP contribution in [-0.2, 0) is 6.42 Å². The fourth-order valence-electron chi connectivity index (χ4n) is 3.01. The number of hydrogen-bond donors (Lipinski definition) is 1. The molecule has 1 N–H and O–H groups in total. The molecule has 0 aliphatic heterocycles. The van der Waals surface area contributed by atoms with Crippen molar-refractivity contribution in [3.63, 3.8) is 0 Å². The summed E-state index contributed by atoms with van der Waals surface area (Å²) in [6, 6.07) is 11.3. The number of hydrogen-bond acceptors (Lipinski definition) is 2. The van der Waals surface area contributed by atoms with Crippen molar-refractivity contribution in [2.75, 3.05) is 0 Å². The van der Waals surface area contributed by atoms with E-state index in [1.54, 1.807) is 12.1 Å². The lowest BCUT2D eigenvalue weighted by atomic mass is 10.1. The number of nitrogens with one attached hydrogen (secondary N) is 1. The van der Waals surface area contributed by atoms with E-state index in [0.29, 0.717) is 28.4 Å². The van der Waals surface area contributed by atoms with Crippen LogP contribution in [0.5, 0.6) is 0 Å². The van der Waals surface area contributed by atoms with Gasteiger partial charge in [-0.25, -0.2) is 9.07 Å². The number of benzene rings is 2. The molecule has 0 aliphatic rings. The summed E-state index contributed by atoms with van der Waals surface area (Å²) < 4.78 is 14.7. The van der Waals surface area contributed by atoms with Crippen molar-refractivity contribution in [1.82, 2.24) is 9.78 Å². The molecule has 0 radical (unpaired) electrons. The first-order valence-electron chi connectivity index (χ1n) is 8.83. The Bertz CT molecular complexity index is 1050. The Morgan fingerprint density at radius 1 is 1.22 bits per heavy atom. The van der Waals surface area contributed by atoms with Gasteiger partial charge < -0.3 is 0 Å². The SMILES string of the molecule is CCCc1[nH]n(-c2ccc(F)cc2)c(=O)c1C(C)=Nc1cccc(Cl)c1C. The Morgan fingerprint density at radius 3 is 2.59 bits per heavy atom. The van der Waals surface area contributed by atoms with Crippen molar-refractivity contribution in [1.29, 1.82) is 0 Å². The van der Waals surface area contributed by atoms with Gasteiger partial charge in [0.2, 0.25) is 0 Å². The van der Waals surface area contributed by atoms with Gasteiger partial charge in [0.05, 0.1) is 22.6 Å². The molecule has 1 heterocycles. The maximum Gasteiger partial charge on any atom is 0.280 e. The van der Waals surface area contributed by atoms with Gasteiger partial charge in [-0.05, 0) is 62.2 Å². The fraction of sp³-hybridized carbons (Fsp3) is 0.238. The Labute approximate surface area is 162 Å². The first kappa shape index (κ1) is 19.1. The molecule has 2 aromatic carbocycles. The highest BCUT2D eigenvalue weighted by Crippen LogP contribution is 2.26. The number of aryl methyl sites for hydroxylation is 1. The highest BCUT2D eigenvalue weighted by molar-refractivity contribution is 6.31. The maximum absolute atomic E-state index is 13.2. The zero-order valence-corrected chi connectivity index (χ0v) is 16.3. The molecule has 0 fully saturated rings. The van der Waals surface area contributed by atoms with Crippen LogP contribution < -0.4 is 5.56 Å². The molecule has 0 saturated carbocycles. The molecule has 1 aromatic heterocycles. The quantitative estimate of drug-likeness (QED) is 0.590. The maximum atomic E-state index is 13.2. The smallest absolute Gasteiger partial charge is 0.280 e. The fourth-order valence-corrected chi connectivity index (χ4v) is 3.18. The van der Waals surface area contributed by atoms with Gasteiger partial charge in [0.1, 0.15) is 5.82 Å². The predicted octanol–water partition coefficient (Wildman–Crippen LogP) is 5.36. The van der Waals surface area contributed by atoms with Gasteiger partial charge in [0, 0.05) is 10.7 Å². The van der Waals surface area contributed by atoms with Crippen molar-refractivity contribution in [2.24, 2.45) is 4.99 Å². The van der Waals surface area contributed by atoms with Gasteiger partial charge in [-0.1, -0.05) is 31.0 Å². The predicted molar refractivity (Wildman–Crippen MR) is 108 cm³/mol. The summed E-state index contributed by atoms with van der Waals surface area (Å²) in [6.07, 6.45) is 1.58. The van der Waals surface area contributed by atoms with Crippen LogP contribution in [0.2, 0.25) is 5.02 Å². The molecule has 0 unspecified atom stereocenters. The average Bonchev–Trinajstić information content (AvgIpc) is 2.96. The topological polar surface area (TPSA) is 50.1 Å². The second-order valence-corrected chi connectivity index (χ2v) is 6.82. The highest BCUT2D eigenvalue weighted by Gasteiger charge is 2.18. The van der Waals surface area contributed by atoms with Crippen molar-refractivity contribution < 1.29 is 4.39 Å². The number of H-pyrrole nitrogens is 1. The first-order chi connectivity index (χ1) is 12.9. The number of aromatic nitrogens is 2. The van der Waals surface area contributed by atoms with E-state index in [2.05, 4.69) is 10.1 Å². The Balaban J connectivity index is 2.13. The molecule has 3 aromatic rings. The van der Waals surface area contributed by atoms with E-state index in [1.165, 1.54) is 16.8 Å². The van der Waals surface area contributed by atoms with Crippen molar-refractivity contribution in [3.05, 3.63) is 80.5 Å². The van der Waals surface area contributed by atoms with Gasteiger partial charge in [0.25, 0.3) is 5.56 Å². The van der Waals surface area contributed by atoms with E-state index in [-0.39, 0.29) is 11.4 Å². The third-order valence-corrected chi connectivity index (χ3v) is 4.85. The normalized spacial score (nSPS) is 11.8. The van der Waals surface area contributed by atoms with Crippen LogP contribution in [0.25, 0.3) is 5.69 Å². The standard InChI is InChI=1S/C21H21ClFN3O/c1-4-6-19-20(14(3)24-18-8-5-7-17(22)13(18)2)21(27)26(25-19)16-11-9-15(23)10-12-16/h5,7-12,25H,4,6H2,1-3H3. The number of halogens is 2. The zero-order chi connectivity index (χ0) is 19.6.